The molecule has 0 atom stereocenters. The monoisotopic (exact) mass is 294 g/mol. The minimum absolute atomic E-state index is 0.117. The second-order valence-corrected chi connectivity index (χ2v) is 5.65. The number of hydrogen-bond donors (Lipinski definition) is 2. The van der Waals surface area contributed by atoms with E-state index in [-0.39, 0.29) is 5.91 Å². The van der Waals surface area contributed by atoms with Crippen LogP contribution in [0.3, 0.4) is 0 Å². The Kier molecular flexibility index (Phi) is 4.12. The third-order valence-electron chi connectivity index (χ3n) is 2.84. The predicted octanol–water partition coefficient (Wildman–Crippen LogP) is 3.71. The van der Waals surface area contributed by atoms with Crippen LogP contribution in [0.25, 0.3) is 10.4 Å². The van der Waals surface area contributed by atoms with Gasteiger partial charge in [0.2, 0.25) is 0 Å². The lowest BCUT2D eigenvalue weighted by Crippen LogP contribution is -2.23. The standard InChI is InChI=1S/C14H15ClN2OS/c1-3-17-14(18)11-8(2)12(19-13(11)16)9-4-6-10(15)7-5-9/h4-7H,3,16H2,1-2H3,(H,17,18). The summed E-state index contributed by atoms with van der Waals surface area (Å²) in [5, 5.41) is 4.02. The largest absolute Gasteiger partial charge is 0.390 e. The molecule has 1 amide bonds. The van der Waals surface area contributed by atoms with Gasteiger partial charge in [-0.1, -0.05) is 23.7 Å². The number of amides is 1. The lowest BCUT2D eigenvalue weighted by molar-refractivity contribution is 0.0956. The second kappa shape index (κ2) is 5.63. The molecule has 100 valence electrons. The van der Waals surface area contributed by atoms with Crippen molar-refractivity contribution in [3.8, 4) is 10.4 Å². The van der Waals surface area contributed by atoms with Crippen molar-refractivity contribution in [1.29, 1.82) is 0 Å². The summed E-state index contributed by atoms with van der Waals surface area (Å²) in [5.74, 6) is -0.117. The third-order valence-corrected chi connectivity index (χ3v) is 4.27. The number of nitrogens with one attached hydrogen (secondary N) is 1. The Morgan fingerprint density at radius 1 is 1.37 bits per heavy atom. The van der Waals surface area contributed by atoms with Gasteiger partial charge in [-0.05, 0) is 37.1 Å². The first-order chi connectivity index (χ1) is 9.04. The minimum Gasteiger partial charge on any atom is -0.390 e. The topological polar surface area (TPSA) is 55.1 Å². The van der Waals surface area contributed by atoms with Crippen molar-refractivity contribution in [3.63, 3.8) is 0 Å². The number of nitrogens with two attached hydrogens (primary N) is 1. The molecule has 3 nitrogen and oxygen atoms in total. The van der Waals surface area contributed by atoms with Crippen molar-refractivity contribution in [2.45, 2.75) is 13.8 Å². The van der Waals surface area contributed by atoms with Crippen molar-refractivity contribution >= 4 is 33.8 Å². The molecule has 19 heavy (non-hydrogen) atoms. The van der Waals surface area contributed by atoms with Crippen LogP contribution in [-0.4, -0.2) is 12.5 Å². The first-order valence-corrected chi connectivity index (χ1v) is 7.17. The summed E-state index contributed by atoms with van der Waals surface area (Å²) in [7, 11) is 0. The van der Waals surface area contributed by atoms with Gasteiger partial charge in [-0.3, -0.25) is 4.79 Å². The molecule has 0 spiro atoms. The molecular formula is C14H15ClN2OS. The number of hydrogen-bond acceptors (Lipinski definition) is 3. The lowest BCUT2D eigenvalue weighted by Gasteiger charge is -2.04. The molecule has 5 heteroatoms. The molecule has 3 N–H and O–H groups in total. The Bertz CT molecular complexity index is 605. The Labute approximate surface area is 121 Å². The smallest absolute Gasteiger partial charge is 0.254 e. The number of halogens is 1. The van der Waals surface area contributed by atoms with Crippen LogP contribution < -0.4 is 11.1 Å². The van der Waals surface area contributed by atoms with Gasteiger partial charge in [0.25, 0.3) is 5.91 Å². The first kappa shape index (κ1) is 13.9. The Morgan fingerprint density at radius 2 is 2.00 bits per heavy atom. The average molecular weight is 295 g/mol. The number of carbonyl (C=O) groups excluding carboxylic acids is 1. The highest BCUT2D eigenvalue weighted by Crippen LogP contribution is 2.38. The van der Waals surface area contributed by atoms with Crippen molar-refractivity contribution in [1.82, 2.24) is 5.32 Å². The van der Waals surface area contributed by atoms with Gasteiger partial charge in [0, 0.05) is 16.4 Å². The molecule has 1 aromatic heterocycles. The van der Waals surface area contributed by atoms with Crippen LogP contribution in [0.4, 0.5) is 5.00 Å². The predicted molar refractivity (Wildman–Crippen MR) is 81.9 cm³/mol. The fourth-order valence-corrected chi connectivity index (χ4v) is 3.15. The zero-order chi connectivity index (χ0) is 14.0. The van der Waals surface area contributed by atoms with E-state index in [1.807, 2.05) is 38.1 Å². The number of nitrogen functional groups attached to an aromatic ring is 1. The fourth-order valence-electron chi connectivity index (χ4n) is 1.94. The summed E-state index contributed by atoms with van der Waals surface area (Å²) in [6.45, 7) is 4.39. The van der Waals surface area contributed by atoms with Crippen molar-refractivity contribution in [3.05, 3.63) is 40.4 Å². The van der Waals surface area contributed by atoms with E-state index in [1.165, 1.54) is 11.3 Å². The van der Waals surface area contributed by atoms with Crippen molar-refractivity contribution < 1.29 is 4.79 Å². The highest BCUT2D eigenvalue weighted by molar-refractivity contribution is 7.19. The summed E-state index contributed by atoms with van der Waals surface area (Å²) in [4.78, 5) is 13.0. The zero-order valence-electron chi connectivity index (χ0n) is 10.8. The van der Waals surface area contributed by atoms with Gasteiger partial charge in [0.15, 0.2) is 0 Å². The van der Waals surface area contributed by atoms with Gasteiger partial charge < -0.3 is 11.1 Å². The van der Waals surface area contributed by atoms with Crippen LogP contribution in [-0.2, 0) is 0 Å². The number of thiophene rings is 1. The molecule has 2 aromatic rings. The maximum absolute atomic E-state index is 12.0. The quantitative estimate of drug-likeness (QED) is 0.906. The molecule has 0 saturated heterocycles. The normalized spacial score (nSPS) is 10.5. The molecule has 1 heterocycles. The molecule has 0 fully saturated rings. The van der Waals surface area contributed by atoms with Crippen molar-refractivity contribution in [2.75, 3.05) is 12.3 Å². The molecule has 0 aliphatic rings. The number of anilines is 1. The lowest BCUT2D eigenvalue weighted by atomic mass is 10.1. The SMILES string of the molecule is CCNC(=O)c1c(N)sc(-c2ccc(Cl)cc2)c1C. The molecule has 0 radical (unpaired) electrons. The van der Waals surface area contributed by atoms with Gasteiger partial charge >= 0.3 is 0 Å². The van der Waals surface area contributed by atoms with Crippen LogP contribution in [0.5, 0.6) is 0 Å². The van der Waals surface area contributed by atoms with Crippen LogP contribution in [0, 0.1) is 6.92 Å². The van der Waals surface area contributed by atoms with E-state index >= 15 is 0 Å². The third kappa shape index (κ3) is 2.74. The van der Waals surface area contributed by atoms with E-state index in [0.717, 1.165) is 16.0 Å². The van der Waals surface area contributed by atoms with Gasteiger partial charge in [0.05, 0.1) is 10.6 Å². The second-order valence-electron chi connectivity index (χ2n) is 4.16. The van der Waals surface area contributed by atoms with E-state index in [9.17, 15) is 4.79 Å². The highest BCUT2D eigenvalue weighted by atomic mass is 35.5. The van der Waals surface area contributed by atoms with E-state index in [2.05, 4.69) is 5.32 Å². The number of carbonyl (C=O) groups is 1. The van der Waals surface area contributed by atoms with Gasteiger partial charge in [-0.25, -0.2) is 0 Å². The molecule has 2 rings (SSSR count). The van der Waals surface area contributed by atoms with E-state index < -0.39 is 0 Å². The highest BCUT2D eigenvalue weighted by Gasteiger charge is 2.19. The maximum Gasteiger partial charge on any atom is 0.254 e. The van der Waals surface area contributed by atoms with Crippen LogP contribution in [0.15, 0.2) is 24.3 Å². The molecule has 0 saturated carbocycles. The summed E-state index contributed by atoms with van der Waals surface area (Å²) < 4.78 is 0. The Balaban J connectivity index is 2.46. The van der Waals surface area contributed by atoms with Crippen LogP contribution in [0.2, 0.25) is 5.02 Å². The van der Waals surface area contributed by atoms with Gasteiger partial charge in [0.1, 0.15) is 0 Å². The molecule has 0 aliphatic heterocycles. The summed E-state index contributed by atoms with van der Waals surface area (Å²) in [6.07, 6.45) is 0. The van der Waals surface area contributed by atoms with E-state index in [1.54, 1.807) is 0 Å². The van der Waals surface area contributed by atoms with Crippen molar-refractivity contribution in [2.24, 2.45) is 0 Å². The first-order valence-electron chi connectivity index (χ1n) is 5.97. The molecular weight excluding hydrogens is 280 g/mol. The van der Waals surface area contributed by atoms with Gasteiger partial charge in [-0.2, -0.15) is 0 Å². The minimum atomic E-state index is -0.117. The molecule has 0 unspecified atom stereocenters. The number of rotatable bonds is 3. The van der Waals surface area contributed by atoms with Gasteiger partial charge in [-0.15, -0.1) is 11.3 Å². The Morgan fingerprint density at radius 3 is 2.58 bits per heavy atom. The maximum atomic E-state index is 12.0. The van der Waals surface area contributed by atoms with E-state index in [4.69, 9.17) is 17.3 Å². The molecule has 0 bridgehead atoms. The number of benzene rings is 1. The van der Waals surface area contributed by atoms with Crippen LogP contribution in [0.1, 0.15) is 22.8 Å². The summed E-state index contributed by atoms with van der Waals surface area (Å²) in [5.41, 5.74) is 8.49. The van der Waals surface area contributed by atoms with E-state index in [0.29, 0.717) is 22.1 Å². The molecule has 1 aromatic carbocycles. The fraction of sp³-hybridized carbons (Fsp3) is 0.214. The summed E-state index contributed by atoms with van der Waals surface area (Å²) >= 11 is 7.31. The van der Waals surface area contributed by atoms with Crippen LogP contribution >= 0.6 is 22.9 Å². The zero-order valence-corrected chi connectivity index (χ0v) is 12.4. The summed E-state index contributed by atoms with van der Waals surface area (Å²) in [6, 6.07) is 7.53. The average Bonchev–Trinajstić information content (AvgIpc) is 2.66. The Hall–Kier alpha value is -1.52. The molecule has 0 aliphatic carbocycles.